The van der Waals surface area contributed by atoms with Gasteiger partial charge >= 0.3 is 0 Å². The number of furan rings is 1. The van der Waals surface area contributed by atoms with Gasteiger partial charge in [0.2, 0.25) is 0 Å². The highest BCUT2D eigenvalue weighted by Gasteiger charge is 2.21. The van der Waals surface area contributed by atoms with E-state index in [1.807, 2.05) is 30.4 Å². The lowest BCUT2D eigenvalue weighted by Crippen LogP contribution is -2.14. The number of para-hydroxylation sites is 1. The molecule has 0 spiro atoms. The lowest BCUT2D eigenvalue weighted by molar-refractivity contribution is 0.609. The minimum absolute atomic E-state index is 0.919. The summed E-state index contributed by atoms with van der Waals surface area (Å²) in [5, 5.41) is 6.75. The summed E-state index contributed by atoms with van der Waals surface area (Å²) in [5.74, 6) is 0. The van der Waals surface area contributed by atoms with E-state index < -0.39 is 0 Å². The Morgan fingerprint density at radius 1 is 0.885 bits per heavy atom. The molecule has 0 aliphatic carbocycles. The van der Waals surface area contributed by atoms with Crippen LogP contribution < -0.4 is 0 Å². The van der Waals surface area contributed by atoms with Gasteiger partial charge in [0.05, 0.1) is 0 Å². The molecule has 0 radical (unpaired) electrons. The maximum atomic E-state index is 6.38. The number of aryl methyl sites for hydroxylation is 1. The maximum absolute atomic E-state index is 6.38. The summed E-state index contributed by atoms with van der Waals surface area (Å²) >= 11 is 0. The average Bonchev–Trinajstić information content (AvgIpc) is 3.04. The fourth-order valence-corrected chi connectivity index (χ4v) is 3.95. The molecule has 5 rings (SSSR count). The summed E-state index contributed by atoms with van der Waals surface area (Å²) in [6.07, 6.45) is 4.06. The molecule has 0 saturated heterocycles. The Hall–Kier alpha value is -3.20. The maximum Gasteiger partial charge on any atom is 0.145 e. The molecular weight excluding hydrogens is 320 g/mol. The molecule has 1 aromatic heterocycles. The van der Waals surface area contributed by atoms with Crippen LogP contribution in [0, 0.1) is 6.92 Å². The van der Waals surface area contributed by atoms with Crippen LogP contribution in [-0.2, 0) is 0 Å². The Labute approximate surface area is 152 Å². The molecule has 3 aromatic carbocycles. The molecule has 0 unspecified atom stereocenters. The topological polar surface area (TPSA) is 30.5 Å². The van der Waals surface area contributed by atoms with Gasteiger partial charge in [-0.1, -0.05) is 48.0 Å². The largest absolute Gasteiger partial charge is 0.601 e. The van der Waals surface area contributed by atoms with Crippen LogP contribution in [0.5, 0.6) is 0 Å². The standard InChI is InChI=1S/C23H19N2O/c1-14-12-19(25(3)24-13-14)21-15(2)16-8-4-5-9-17(16)22-18-10-6-7-11-20(18)26-23(21)22/h4-13H,1-3H3/q-1. The number of allylic oxidation sites excluding steroid dienone is 2. The van der Waals surface area contributed by atoms with Gasteiger partial charge in [0.15, 0.2) is 0 Å². The molecule has 1 aliphatic rings. The number of nitrogens with zero attached hydrogens (tertiary/aromatic N) is 2. The molecule has 3 nitrogen and oxygen atoms in total. The van der Waals surface area contributed by atoms with Gasteiger partial charge in [-0.3, -0.25) is 0 Å². The minimum atomic E-state index is 0.919. The number of benzene rings is 3. The zero-order chi connectivity index (χ0) is 17.8. The van der Waals surface area contributed by atoms with Crippen LogP contribution in [0.1, 0.15) is 18.1 Å². The summed E-state index contributed by atoms with van der Waals surface area (Å²) < 4.78 is 6.38. The van der Waals surface area contributed by atoms with E-state index in [0.29, 0.717) is 0 Å². The van der Waals surface area contributed by atoms with Gasteiger partial charge in [0.25, 0.3) is 0 Å². The van der Waals surface area contributed by atoms with Crippen LogP contribution in [0.25, 0.3) is 43.8 Å². The first-order chi connectivity index (χ1) is 12.6. The first-order valence-electron chi connectivity index (χ1n) is 8.81. The molecule has 26 heavy (non-hydrogen) atoms. The second-order valence-corrected chi connectivity index (χ2v) is 6.89. The van der Waals surface area contributed by atoms with Gasteiger partial charge < -0.3 is 14.9 Å². The lowest BCUT2D eigenvalue weighted by Gasteiger charge is -2.40. The van der Waals surface area contributed by atoms with E-state index in [1.54, 1.807) is 0 Å². The highest BCUT2D eigenvalue weighted by atomic mass is 16.3. The fourth-order valence-electron chi connectivity index (χ4n) is 3.95. The van der Waals surface area contributed by atoms with E-state index in [-0.39, 0.29) is 0 Å². The van der Waals surface area contributed by atoms with E-state index >= 15 is 0 Å². The van der Waals surface area contributed by atoms with Crippen molar-refractivity contribution in [3.8, 4) is 0 Å². The van der Waals surface area contributed by atoms with Crippen LogP contribution >= 0.6 is 0 Å². The van der Waals surface area contributed by atoms with Gasteiger partial charge in [-0.15, -0.1) is 0 Å². The Kier molecular flexibility index (Phi) is 3.13. The summed E-state index contributed by atoms with van der Waals surface area (Å²) in [6, 6.07) is 16.8. The van der Waals surface area contributed by atoms with Crippen molar-refractivity contribution < 1.29 is 4.42 Å². The average molecular weight is 339 g/mol. The van der Waals surface area contributed by atoms with E-state index in [2.05, 4.69) is 61.7 Å². The van der Waals surface area contributed by atoms with Crippen LogP contribution in [0.4, 0.5) is 0 Å². The molecule has 0 N–H and O–H groups in total. The smallest absolute Gasteiger partial charge is 0.145 e. The highest BCUT2D eigenvalue weighted by Crippen LogP contribution is 2.43. The van der Waals surface area contributed by atoms with Crippen molar-refractivity contribution in [3.63, 3.8) is 0 Å². The van der Waals surface area contributed by atoms with Crippen LogP contribution in [0.15, 0.2) is 70.8 Å². The third-order valence-corrected chi connectivity index (χ3v) is 5.20. The van der Waals surface area contributed by atoms with E-state index in [0.717, 1.165) is 33.4 Å². The first-order valence-corrected chi connectivity index (χ1v) is 8.81. The quantitative estimate of drug-likeness (QED) is 0.395. The molecule has 0 atom stereocenters. The van der Waals surface area contributed by atoms with E-state index in [1.165, 1.54) is 21.7 Å². The van der Waals surface area contributed by atoms with E-state index in [9.17, 15) is 0 Å². The molecule has 2 heterocycles. The summed E-state index contributed by atoms with van der Waals surface area (Å²) in [4.78, 5) is 0. The highest BCUT2D eigenvalue weighted by molar-refractivity contribution is 6.22. The lowest BCUT2D eigenvalue weighted by atomic mass is 9.92. The monoisotopic (exact) mass is 339 g/mol. The molecule has 4 aromatic rings. The summed E-state index contributed by atoms with van der Waals surface area (Å²) in [5.41, 5.74) is 10.9. The number of rotatable bonds is 1. The van der Waals surface area contributed by atoms with Crippen LogP contribution in [0.3, 0.4) is 0 Å². The molecular formula is C23H19N2O-. The molecule has 0 saturated carbocycles. The minimum Gasteiger partial charge on any atom is -0.601 e. The Morgan fingerprint density at radius 3 is 2.38 bits per heavy atom. The van der Waals surface area contributed by atoms with Crippen molar-refractivity contribution in [3.05, 3.63) is 82.9 Å². The molecule has 3 heteroatoms. The number of hydrogen-bond acceptors (Lipinski definition) is 2. The zero-order valence-corrected chi connectivity index (χ0v) is 15.1. The van der Waals surface area contributed by atoms with Crippen molar-refractivity contribution in [2.24, 2.45) is 0 Å². The molecule has 128 valence electrons. The van der Waals surface area contributed by atoms with Gasteiger partial charge in [-0.25, -0.2) is 0 Å². The molecule has 0 fully saturated rings. The van der Waals surface area contributed by atoms with Crippen LogP contribution in [-0.4, -0.2) is 12.1 Å². The van der Waals surface area contributed by atoms with Crippen molar-refractivity contribution in [2.75, 3.05) is 7.05 Å². The van der Waals surface area contributed by atoms with E-state index in [4.69, 9.17) is 4.42 Å². The summed E-state index contributed by atoms with van der Waals surface area (Å²) in [6.45, 7) is 4.25. The van der Waals surface area contributed by atoms with Crippen molar-refractivity contribution in [1.82, 2.24) is 5.01 Å². The Morgan fingerprint density at radius 2 is 1.58 bits per heavy atom. The molecule has 1 aliphatic heterocycles. The second-order valence-electron chi connectivity index (χ2n) is 6.89. The Bertz CT molecular complexity index is 1240. The van der Waals surface area contributed by atoms with Gasteiger partial charge in [-0.05, 0) is 49.4 Å². The predicted molar refractivity (Wildman–Crippen MR) is 109 cm³/mol. The Balaban J connectivity index is 2.03. The van der Waals surface area contributed by atoms with Gasteiger partial charge in [0, 0.05) is 22.0 Å². The summed E-state index contributed by atoms with van der Waals surface area (Å²) in [7, 11) is 1.98. The van der Waals surface area contributed by atoms with Crippen molar-refractivity contribution >= 4 is 38.4 Å². The number of fused-ring (bicyclic) bond motifs is 5. The SMILES string of the molecule is CC1=C[N-]N(C)C(c2c(C)c3ccccc3c3c2oc2ccccc23)=C1. The fraction of sp³-hybridized carbons (Fsp3) is 0.130. The molecule has 0 bridgehead atoms. The third-order valence-electron chi connectivity index (χ3n) is 5.20. The van der Waals surface area contributed by atoms with Gasteiger partial charge in [-0.2, -0.15) is 6.20 Å². The van der Waals surface area contributed by atoms with Gasteiger partial charge in [0.1, 0.15) is 11.2 Å². The number of hydrogen-bond donors (Lipinski definition) is 0. The molecule has 0 amide bonds. The second kappa shape index (κ2) is 5.40. The van der Waals surface area contributed by atoms with Crippen molar-refractivity contribution in [1.29, 1.82) is 0 Å². The third kappa shape index (κ3) is 2.00. The normalized spacial score (nSPS) is 14.7. The predicted octanol–water partition coefficient (Wildman–Crippen LogP) is 6.53. The van der Waals surface area contributed by atoms with Crippen LogP contribution in [0.2, 0.25) is 0 Å². The van der Waals surface area contributed by atoms with Crippen molar-refractivity contribution in [2.45, 2.75) is 13.8 Å². The first kappa shape index (κ1) is 15.1. The zero-order valence-electron chi connectivity index (χ0n) is 15.1.